The Balaban J connectivity index is 2.69. The van der Waals surface area contributed by atoms with Crippen molar-refractivity contribution < 1.29 is 0 Å². The van der Waals surface area contributed by atoms with Crippen molar-refractivity contribution in [3.63, 3.8) is 0 Å². The first-order valence-electron chi connectivity index (χ1n) is 2.14. The lowest BCUT2D eigenvalue weighted by atomic mass is 10.7. The minimum absolute atomic E-state index is 0.486. The van der Waals surface area contributed by atoms with Crippen molar-refractivity contribution in [2.75, 3.05) is 0 Å². The lowest BCUT2D eigenvalue weighted by molar-refractivity contribution is 0.814. The molecule has 9 heavy (non-hydrogen) atoms. The molecule has 0 atom stereocenters. The molecule has 0 aromatic rings. The second-order valence-electron chi connectivity index (χ2n) is 1.42. The van der Waals surface area contributed by atoms with Crippen LogP contribution in [0.15, 0.2) is 22.7 Å². The second kappa shape index (κ2) is 2.82. The molecule has 1 heterocycles. The van der Waals surface area contributed by atoms with Crippen LogP contribution < -0.4 is 5.32 Å². The Morgan fingerprint density at radius 1 is 1.33 bits per heavy atom. The highest BCUT2D eigenvalue weighted by atomic mass is 79.9. The minimum atomic E-state index is 0.486. The van der Waals surface area contributed by atoms with Crippen molar-refractivity contribution in [3.05, 3.63) is 22.7 Å². The van der Waals surface area contributed by atoms with Gasteiger partial charge in [0.15, 0.2) is 0 Å². The predicted octanol–water partition coefficient (Wildman–Crippen LogP) is 2.28. The fourth-order valence-electron chi connectivity index (χ4n) is 0.432. The SMILES string of the molecule is ClC1=CN(Br)C=C(Cl)N1. The number of hydrogen-bond donors (Lipinski definition) is 1. The summed E-state index contributed by atoms with van der Waals surface area (Å²) in [6.45, 7) is 0. The standard InChI is InChI=1S/C4H3BrCl2N2/c5-9-1-3(6)8-4(7)2-9/h1-2,8H. The van der Waals surface area contributed by atoms with E-state index in [9.17, 15) is 0 Å². The molecule has 0 saturated heterocycles. The van der Waals surface area contributed by atoms with E-state index >= 15 is 0 Å². The highest BCUT2D eigenvalue weighted by Gasteiger charge is 2.03. The van der Waals surface area contributed by atoms with Crippen LogP contribution in [0.5, 0.6) is 0 Å². The Labute approximate surface area is 71.4 Å². The molecule has 1 aliphatic heterocycles. The van der Waals surface area contributed by atoms with Gasteiger partial charge in [0.2, 0.25) is 0 Å². The quantitative estimate of drug-likeness (QED) is 0.507. The molecule has 0 aromatic heterocycles. The van der Waals surface area contributed by atoms with Crippen LogP contribution in [0.2, 0.25) is 0 Å². The van der Waals surface area contributed by atoms with Gasteiger partial charge in [-0.05, 0) is 0 Å². The van der Waals surface area contributed by atoms with Gasteiger partial charge < -0.3 is 5.32 Å². The van der Waals surface area contributed by atoms with Gasteiger partial charge in [-0.1, -0.05) is 23.2 Å². The summed E-state index contributed by atoms with van der Waals surface area (Å²) in [5, 5.41) is 3.66. The molecule has 0 amide bonds. The average Bonchev–Trinajstić information content (AvgIpc) is 1.59. The van der Waals surface area contributed by atoms with E-state index in [1.165, 1.54) is 0 Å². The fourth-order valence-corrected chi connectivity index (χ4v) is 1.54. The van der Waals surface area contributed by atoms with E-state index in [0.717, 1.165) is 0 Å². The first kappa shape index (κ1) is 7.25. The van der Waals surface area contributed by atoms with Crippen molar-refractivity contribution in [3.8, 4) is 0 Å². The molecular weight excluding hydrogens is 227 g/mol. The molecule has 0 radical (unpaired) electrons. The summed E-state index contributed by atoms with van der Waals surface area (Å²) in [4.78, 5) is 0. The number of nitrogens with one attached hydrogen (secondary N) is 1. The van der Waals surface area contributed by atoms with E-state index in [0.29, 0.717) is 10.3 Å². The van der Waals surface area contributed by atoms with Crippen LogP contribution in [0.3, 0.4) is 0 Å². The molecule has 0 fully saturated rings. The molecule has 2 nitrogen and oxygen atoms in total. The molecule has 1 N–H and O–H groups in total. The molecule has 0 bridgehead atoms. The Bertz CT molecular complexity index is 159. The largest absolute Gasteiger partial charge is 0.334 e. The van der Waals surface area contributed by atoms with Crippen LogP contribution in [0.4, 0.5) is 0 Å². The van der Waals surface area contributed by atoms with Gasteiger partial charge in [0.1, 0.15) is 10.3 Å². The Hall–Kier alpha value is 0.140. The third-order valence-corrected chi connectivity index (χ3v) is 1.51. The fraction of sp³-hybridized carbons (Fsp3) is 0. The number of rotatable bonds is 0. The summed E-state index contributed by atoms with van der Waals surface area (Å²) in [6.07, 6.45) is 3.29. The lowest BCUT2D eigenvalue weighted by Gasteiger charge is -2.13. The van der Waals surface area contributed by atoms with Gasteiger partial charge in [0, 0.05) is 0 Å². The van der Waals surface area contributed by atoms with Gasteiger partial charge >= 0.3 is 0 Å². The van der Waals surface area contributed by atoms with Gasteiger partial charge in [0.25, 0.3) is 0 Å². The van der Waals surface area contributed by atoms with Gasteiger partial charge in [-0.3, -0.25) is 3.93 Å². The third kappa shape index (κ3) is 2.08. The summed E-state index contributed by atoms with van der Waals surface area (Å²) < 4.78 is 1.59. The zero-order chi connectivity index (χ0) is 6.85. The molecule has 1 rings (SSSR count). The maximum Gasteiger partial charge on any atom is 0.124 e. The molecule has 1 aliphatic rings. The first-order chi connectivity index (χ1) is 4.18. The summed E-state index contributed by atoms with van der Waals surface area (Å²) in [5.41, 5.74) is 0. The summed E-state index contributed by atoms with van der Waals surface area (Å²) >= 11 is 14.3. The van der Waals surface area contributed by atoms with Crippen LogP contribution >= 0.6 is 39.3 Å². The molecular formula is C4H3BrCl2N2. The monoisotopic (exact) mass is 228 g/mol. The molecule has 0 unspecified atom stereocenters. The zero-order valence-corrected chi connectivity index (χ0v) is 7.33. The normalized spacial score (nSPS) is 18.3. The van der Waals surface area contributed by atoms with E-state index in [1.807, 2.05) is 0 Å². The van der Waals surface area contributed by atoms with Gasteiger partial charge in [-0.15, -0.1) is 0 Å². The van der Waals surface area contributed by atoms with Gasteiger partial charge in [-0.2, -0.15) is 0 Å². The number of hydrogen-bond acceptors (Lipinski definition) is 2. The van der Waals surface area contributed by atoms with Crippen molar-refractivity contribution in [1.82, 2.24) is 9.24 Å². The highest BCUT2D eigenvalue weighted by molar-refractivity contribution is 9.07. The Morgan fingerprint density at radius 2 is 1.78 bits per heavy atom. The van der Waals surface area contributed by atoms with Crippen molar-refractivity contribution in [1.29, 1.82) is 0 Å². The van der Waals surface area contributed by atoms with Crippen LogP contribution in [0.25, 0.3) is 0 Å². The lowest BCUT2D eigenvalue weighted by Crippen LogP contribution is -2.13. The molecule has 5 heteroatoms. The van der Waals surface area contributed by atoms with E-state index in [1.54, 1.807) is 16.3 Å². The summed E-state index contributed by atoms with van der Waals surface area (Å²) in [7, 11) is 0. The van der Waals surface area contributed by atoms with E-state index in [2.05, 4.69) is 21.5 Å². The smallest absolute Gasteiger partial charge is 0.124 e. The molecule has 0 spiro atoms. The topological polar surface area (TPSA) is 15.3 Å². The van der Waals surface area contributed by atoms with Crippen LogP contribution in [-0.2, 0) is 0 Å². The second-order valence-corrected chi connectivity index (χ2v) is 3.06. The third-order valence-electron chi connectivity index (χ3n) is 0.712. The number of nitrogens with zero attached hydrogens (tertiary/aromatic N) is 1. The molecule has 0 saturated carbocycles. The maximum atomic E-state index is 5.56. The zero-order valence-electron chi connectivity index (χ0n) is 4.24. The van der Waals surface area contributed by atoms with E-state index in [-0.39, 0.29) is 0 Å². The van der Waals surface area contributed by atoms with Crippen LogP contribution in [0, 0.1) is 0 Å². The highest BCUT2D eigenvalue weighted by Crippen LogP contribution is 2.16. The van der Waals surface area contributed by atoms with E-state index in [4.69, 9.17) is 23.2 Å². The van der Waals surface area contributed by atoms with Gasteiger partial charge in [0.05, 0.1) is 28.5 Å². The minimum Gasteiger partial charge on any atom is -0.334 e. The van der Waals surface area contributed by atoms with Crippen LogP contribution in [0.1, 0.15) is 0 Å². The van der Waals surface area contributed by atoms with Crippen molar-refractivity contribution in [2.24, 2.45) is 0 Å². The molecule has 0 aromatic carbocycles. The Morgan fingerprint density at radius 3 is 2.11 bits per heavy atom. The van der Waals surface area contributed by atoms with Gasteiger partial charge in [-0.25, -0.2) is 0 Å². The summed E-state index contributed by atoms with van der Waals surface area (Å²) in [6, 6.07) is 0. The molecule has 0 aliphatic carbocycles. The summed E-state index contributed by atoms with van der Waals surface area (Å²) in [5.74, 6) is 0. The van der Waals surface area contributed by atoms with E-state index < -0.39 is 0 Å². The predicted molar refractivity (Wildman–Crippen MR) is 41.8 cm³/mol. The molecule has 50 valence electrons. The van der Waals surface area contributed by atoms with Crippen molar-refractivity contribution >= 4 is 39.3 Å². The maximum absolute atomic E-state index is 5.56. The first-order valence-corrected chi connectivity index (χ1v) is 3.61. The number of halogens is 3. The average molecular weight is 230 g/mol. The Kier molecular flexibility index (Phi) is 2.27. The van der Waals surface area contributed by atoms with Crippen molar-refractivity contribution in [2.45, 2.75) is 0 Å². The van der Waals surface area contributed by atoms with Crippen LogP contribution in [-0.4, -0.2) is 3.93 Å².